The molecule has 0 aliphatic heterocycles. The van der Waals surface area contributed by atoms with Gasteiger partial charge < -0.3 is 9.47 Å². The summed E-state index contributed by atoms with van der Waals surface area (Å²) in [4.78, 5) is 15.4. The highest BCUT2D eigenvalue weighted by Crippen LogP contribution is 2.59. The van der Waals surface area contributed by atoms with E-state index < -0.39 is 11.8 Å². The summed E-state index contributed by atoms with van der Waals surface area (Å²) in [7, 11) is 1.25. The molecule has 0 atom stereocenters. The molecule has 0 radical (unpaired) electrons. The highest BCUT2D eigenvalue weighted by Gasteiger charge is 2.48. The van der Waals surface area contributed by atoms with Gasteiger partial charge in [-0.05, 0) is 85.5 Å². The number of hydrogen-bond donors (Lipinski definition) is 0. The molecule has 0 N–H and O–H groups in total. The monoisotopic (exact) mass is 381 g/mol. The first kappa shape index (κ1) is 17.7. The van der Waals surface area contributed by atoms with Gasteiger partial charge in [0.1, 0.15) is 5.75 Å². The molecule has 1 aromatic heterocycles. The maximum absolute atomic E-state index is 14.2. The summed E-state index contributed by atoms with van der Waals surface area (Å²) < 4.78 is 24.4. The van der Waals surface area contributed by atoms with Crippen molar-refractivity contribution in [1.82, 2.24) is 4.98 Å². The molecule has 4 aliphatic carbocycles. The number of pyridine rings is 1. The maximum atomic E-state index is 14.2. The molecule has 4 nitrogen and oxygen atoms in total. The van der Waals surface area contributed by atoms with Crippen molar-refractivity contribution in [2.75, 3.05) is 7.11 Å². The third-order valence-corrected chi connectivity index (χ3v) is 6.93. The Morgan fingerprint density at radius 3 is 2.25 bits per heavy atom. The van der Waals surface area contributed by atoms with Gasteiger partial charge in [-0.3, -0.25) is 0 Å². The van der Waals surface area contributed by atoms with E-state index in [0.717, 1.165) is 29.7 Å². The van der Waals surface area contributed by atoms with Gasteiger partial charge >= 0.3 is 5.97 Å². The van der Waals surface area contributed by atoms with Gasteiger partial charge in [0.25, 0.3) is 5.88 Å². The van der Waals surface area contributed by atoms with Crippen LogP contribution in [0, 0.1) is 29.5 Å². The summed E-state index contributed by atoms with van der Waals surface area (Å²) in [6.45, 7) is 0. The quantitative estimate of drug-likeness (QED) is 0.671. The molecule has 4 fully saturated rings. The number of rotatable bonds is 4. The third kappa shape index (κ3) is 3.07. The van der Waals surface area contributed by atoms with Gasteiger partial charge in [0.05, 0.1) is 12.7 Å². The average molecular weight is 381 g/mol. The summed E-state index contributed by atoms with van der Waals surface area (Å²) in [6.07, 6.45) is 8.26. The maximum Gasteiger partial charge on any atom is 0.339 e. The SMILES string of the molecule is COC(=O)c1cnc(Oc2ccc(C3C4CC5CC(C4)CC3C5)cc2)c(F)c1. The largest absolute Gasteiger partial charge is 0.465 e. The molecule has 146 valence electrons. The summed E-state index contributed by atoms with van der Waals surface area (Å²) in [5.74, 6) is 3.33. The van der Waals surface area contributed by atoms with E-state index in [4.69, 9.17) is 4.74 Å². The van der Waals surface area contributed by atoms with Gasteiger partial charge in [0.2, 0.25) is 0 Å². The Morgan fingerprint density at radius 1 is 1.04 bits per heavy atom. The fourth-order valence-corrected chi connectivity index (χ4v) is 6.07. The van der Waals surface area contributed by atoms with Crippen LogP contribution in [0.2, 0.25) is 0 Å². The highest BCUT2D eigenvalue weighted by molar-refractivity contribution is 5.88. The Balaban J connectivity index is 1.31. The minimum atomic E-state index is -0.687. The lowest BCUT2D eigenvalue weighted by Gasteiger charge is -2.54. The van der Waals surface area contributed by atoms with Crippen LogP contribution in [0.25, 0.3) is 0 Å². The third-order valence-electron chi connectivity index (χ3n) is 6.93. The Labute approximate surface area is 164 Å². The number of benzene rings is 1. The standard InChI is InChI=1S/C23H24FNO3/c1-27-23(26)18-11-20(24)22(25-12-18)28-19-4-2-15(3-5-19)21-16-7-13-6-14(9-16)10-17(21)8-13/h2-5,11-14,16-17,21H,6-10H2,1H3. The fraction of sp³-hybridized carbons (Fsp3) is 0.478. The van der Waals surface area contributed by atoms with Crippen LogP contribution in [0.5, 0.6) is 11.6 Å². The molecule has 0 amide bonds. The van der Waals surface area contributed by atoms with E-state index in [-0.39, 0.29) is 11.4 Å². The Bertz CT molecular complexity index is 867. The first-order valence-electron chi connectivity index (χ1n) is 10.1. The second-order valence-corrected chi connectivity index (χ2v) is 8.63. The van der Waals surface area contributed by atoms with Gasteiger partial charge in [-0.1, -0.05) is 12.1 Å². The molecule has 4 saturated carbocycles. The highest BCUT2D eigenvalue weighted by atomic mass is 19.1. The molecule has 4 aliphatic rings. The van der Waals surface area contributed by atoms with Crippen LogP contribution >= 0.6 is 0 Å². The summed E-state index contributed by atoms with van der Waals surface area (Å²) >= 11 is 0. The van der Waals surface area contributed by atoms with Gasteiger partial charge in [-0.15, -0.1) is 0 Å². The Hall–Kier alpha value is -2.43. The van der Waals surface area contributed by atoms with Crippen LogP contribution < -0.4 is 4.74 Å². The van der Waals surface area contributed by atoms with Crippen LogP contribution in [0.1, 0.15) is 53.9 Å². The summed E-state index contributed by atoms with van der Waals surface area (Å²) in [5, 5.41) is 0. The van der Waals surface area contributed by atoms with Crippen molar-refractivity contribution in [3.05, 3.63) is 53.5 Å². The molecule has 0 spiro atoms. The molecule has 5 heteroatoms. The molecule has 28 heavy (non-hydrogen) atoms. The minimum Gasteiger partial charge on any atom is -0.465 e. The van der Waals surface area contributed by atoms with E-state index >= 15 is 0 Å². The van der Waals surface area contributed by atoms with Crippen molar-refractivity contribution in [3.8, 4) is 11.6 Å². The van der Waals surface area contributed by atoms with Crippen LogP contribution in [-0.2, 0) is 4.74 Å². The van der Waals surface area contributed by atoms with Crippen LogP contribution in [0.4, 0.5) is 4.39 Å². The van der Waals surface area contributed by atoms with E-state index in [1.807, 2.05) is 12.1 Å². The molecular formula is C23H24FNO3. The average Bonchev–Trinajstić information content (AvgIpc) is 2.69. The molecular weight excluding hydrogens is 357 g/mol. The van der Waals surface area contributed by atoms with E-state index in [1.54, 1.807) is 0 Å². The number of carbonyl (C=O) groups excluding carboxylic acids is 1. The lowest BCUT2D eigenvalue weighted by atomic mass is 9.51. The smallest absolute Gasteiger partial charge is 0.339 e. The predicted octanol–water partition coefficient (Wildman–Crippen LogP) is 5.34. The number of aromatic nitrogens is 1. The number of esters is 1. The van der Waals surface area contributed by atoms with Crippen LogP contribution in [0.15, 0.2) is 36.5 Å². The predicted molar refractivity (Wildman–Crippen MR) is 102 cm³/mol. The van der Waals surface area contributed by atoms with E-state index in [0.29, 0.717) is 11.7 Å². The van der Waals surface area contributed by atoms with Crippen molar-refractivity contribution in [2.24, 2.45) is 23.7 Å². The zero-order chi connectivity index (χ0) is 19.3. The van der Waals surface area contributed by atoms with E-state index in [1.165, 1.54) is 51.0 Å². The van der Waals surface area contributed by atoms with Crippen molar-refractivity contribution in [3.63, 3.8) is 0 Å². The number of hydrogen-bond acceptors (Lipinski definition) is 4. The van der Waals surface area contributed by atoms with Crippen molar-refractivity contribution < 1.29 is 18.7 Å². The zero-order valence-electron chi connectivity index (χ0n) is 15.9. The second-order valence-electron chi connectivity index (χ2n) is 8.63. The molecule has 0 unspecified atom stereocenters. The van der Waals surface area contributed by atoms with Gasteiger partial charge in [0, 0.05) is 6.20 Å². The summed E-state index contributed by atoms with van der Waals surface area (Å²) in [5.41, 5.74) is 1.44. The van der Waals surface area contributed by atoms with Crippen molar-refractivity contribution in [2.45, 2.75) is 38.0 Å². The number of carbonyl (C=O) groups is 1. The Kier molecular flexibility index (Phi) is 4.33. The minimum absolute atomic E-state index is 0.0598. The van der Waals surface area contributed by atoms with Crippen molar-refractivity contribution >= 4 is 5.97 Å². The number of nitrogens with zero attached hydrogens (tertiary/aromatic N) is 1. The van der Waals surface area contributed by atoms with E-state index in [2.05, 4.69) is 21.9 Å². The molecule has 2 aromatic rings. The lowest BCUT2D eigenvalue weighted by Crippen LogP contribution is -2.43. The zero-order valence-corrected chi connectivity index (χ0v) is 15.9. The first-order valence-corrected chi connectivity index (χ1v) is 10.1. The fourth-order valence-electron chi connectivity index (χ4n) is 6.07. The molecule has 1 aromatic carbocycles. The van der Waals surface area contributed by atoms with Crippen LogP contribution in [0.3, 0.4) is 0 Å². The second kappa shape index (κ2) is 6.87. The number of halogens is 1. The topological polar surface area (TPSA) is 48.4 Å². The normalized spacial score (nSPS) is 30.3. The molecule has 0 saturated heterocycles. The lowest BCUT2D eigenvalue weighted by molar-refractivity contribution is -0.00279. The summed E-state index contributed by atoms with van der Waals surface area (Å²) in [6, 6.07) is 9.13. The van der Waals surface area contributed by atoms with Gasteiger partial charge in [-0.25, -0.2) is 14.2 Å². The number of ether oxygens (including phenoxy) is 2. The van der Waals surface area contributed by atoms with Crippen LogP contribution in [-0.4, -0.2) is 18.1 Å². The Morgan fingerprint density at radius 2 is 1.68 bits per heavy atom. The number of methoxy groups -OCH3 is 1. The van der Waals surface area contributed by atoms with Crippen molar-refractivity contribution in [1.29, 1.82) is 0 Å². The van der Waals surface area contributed by atoms with E-state index in [9.17, 15) is 9.18 Å². The van der Waals surface area contributed by atoms with Gasteiger partial charge in [-0.2, -0.15) is 0 Å². The first-order chi connectivity index (χ1) is 13.6. The molecule has 4 bridgehead atoms. The molecule has 1 heterocycles. The molecule has 6 rings (SSSR count). The van der Waals surface area contributed by atoms with Gasteiger partial charge in [0.15, 0.2) is 5.82 Å².